The van der Waals surface area contributed by atoms with E-state index in [0.717, 1.165) is 29.9 Å². The highest BCUT2D eigenvalue weighted by molar-refractivity contribution is 8.01. The van der Waals surface area contributed by atoms with Crippen LogP contribution in [0.4, 0.5) is 5.95 Å². The number of aryl methyl sites for hydroxylation is 1. The standard InChI is InChI=1S/C21H27N7O3S/c1-13-5-6-16(22-10-13)9-14(2)32-27-21-26-25-18(15-7-8-31-11-15)28(21)17-19(29-3)23-12-24-20(17)30-4/h5-6,10,12,14-15H,7-9,11H2,1-4H3,(H,26,27). The van der Waals surface area contributed by atoms with Gasteiger partial charge in [0, 0.05) is 36.1 Å². The van der Waals surface area contributed by atoms with Crippen molar-refractivity contribution in [2.75, 3.05) is 32.2 Å². The molecular weight excluding hydrogens is 430 g/mol. The molecule has 0 aromatic carbocycles. The Balaban J connectivity index is 1.62. The van der Waals surface area contributed by atoms with Gasteiger partial charge in [-0.1, -0.05) is 13.0 Å². The molecule has 1 aliphatic heterocycles. The number of pyridine rings is 1. The van der Waals surface area contributed by atoms with Crippen molar-refractivity contribution in [3.63, 3.8) is 0 Å². The second-order valence-corrected chi connectivity index (χ2v) is 8.82. The van der Waals surface area contributed by atoms with E-state index in [1.54, 1.807) is 26.2 Å². The van der Waals surface area contributed by atoms with Crippen LogP contribution in [0, 0.1) is 6.92 Å². The molecule has 10 nitrogen and oxygen atoms in total. The van der Waals surface area contributed by atoms with E-state index < -0.39 is 0 Å². The molecule has 0 saturated carbocycles. The number of nitrogens with one attached hydrogen (secondary N) is 1. The van der Waals surface area contributed by atoms with Crippen molar-refractivity contribution >= 4 is 17.9 Å². The number of rotatable bonds is 9. The van der Waals surface area contributed by atoms with Crippen molar-refractivity contribution in [1.82, 2.24) is 29.7 Å². The van der Waals surface area contributed by atoms with Gasteiger partial charge in [0.1, 0.15) is 12.2 Å². The maximum Gasteiger partial charge on any atom is 0.245 e. The summed E-state index contributed by atoms with van der Waals surface area (Å²) in [6.45, 7) is 5.44. The highest BCUT2D eigenvalue weighted by Gasteiger charge is 2.30. The number of anilines is 1. The first-order valence-electron chi connectivity index (χ1n) is 10.4. The minimum absolute atomic E-state index is 0.104. The minimum Gasteiger partial charge on any atom is -0.479 e. The van der Waals surface area contributed by atoms with Gasteiger partial charge < -0.3 is 14.2 Å². The van der Waals surface area contributed by atoms with Crippen LogP contribution in [0.2, 0.25) is 0 Å². The van der Waals surface area contributed by atoms with Crippen molar-refractivity contribution in [2.45, 2.75) is 37.9 Å². The van der Waals surface area contributed by atoms with Gasteiger partial charge in [-0.25, -0.2) is 0 Å². The van der Waals surface area contributed by atoms with E-state index in [1.807, 2.05) is 17.7 Å². The zero-order chi connectivity index (χ0) is 22.5. The fourth-order valence-corrected chi connectivity index (χ4v) is 4.22. The lowest BCUT2D eigenvalue weighted by molar-refractivity contribution is 0.193. The summed E-state index contributed by atoms with van der Waals surface area (Å²) in [5.41, 5.74) is 2.75. The summed E-state index contributed by atoms with van der Waals surface area (Å²) < 4.78 is 21.9. The molecule has 3 aromatic heterocycles. The first-order valence-corrected chi connectivity index (χ1v) is 11.3. The van der Waals surface area contributed by atoms with Gasteiger partial charge in [-0.3, -0.25) is 14.3 Å². The van der Waals surface area contributed by atoms with E-state index in [9.17, 15) is 0 Å². The van der Waals surface area contributed by atoms with Crippen LogP contribution < -0.4 is 14.2 Å². The summed E-state index contributed by atoms with van der Waals surface area (Å²) in [6.07, 6.45) is 4.97. The quantitative estimate of drug-likeness (QED) is 0.482. The Bertz CT molecular complexity index is 1020. The Kier molecular flexibility index (Phi) is 7.05. The van der Waals surface area contributed by atoms with E-state index >= 15 is 0 Å². The molecule has 0 spiro atoms. The van der Waals surface area contributed by atoms with Gasteiger partial charge in [0.2, 0.25) is 17.7 Å². The van der Waals surface area contributed by atoms with Crippen molar-refractivity contribution in [2.24, 2.45) is 0 Å². The second-order valence-electron chi connectivity index (χ2n) is 7.58. The maximum absolute atomic E-state index is 5.59. The van der Waals surface area contributed by atoms with Gasteiger partial charge in [0.15, 0.2) is 5.69 Å². The monoisotopic (exact) mass is 457 g/mol. The Morgan fingerprint density at radius 2 is 1.97 bits per heavy atom. The second kappa shape index (κ2) is 10.1. The summed E-state index contributed by atoms with van der Waals surface area (Å²) in [7, 11) is 3.12. The van der Waals surface area contributed by atoms with Crippen LogP contribution in [-0.2, 0) is 11.2 Å². The molecule has 0 amide bonds. The Labute approximate surface area is 191 Å². The Morgan fingerprint density at radius 3 is 2.59 bits per heavy atom. The maximum atomic E-state index is 5.59. The molecule has 3 aromatic rings. The van der Waals surface area contributed by atoms with Gasteiger partial charge >= 0.3 is 0 Å². The van der Waals surface area contributed by atoms with Gasteiger partial charge in [-0.05, 0) is 36.9 Å². The molecule has 2 atom stereocenters. The van der Waals surface area contributed by atoms with Crippen LogP contribution in [0.3, 0.4) is 0 Å². The fourth-order valence-electron chi connectivity index (χ4n) is 3.53. The molecule has 4 heterocycles. The Morgan fingerprint density at radius 1 is 1.19 bits per heavy atom. The van der Waals surface area contributed by atoms with E-state index in [1.165, 1.54) is 6.33 Å². The molecule has 1 fully saturated rings. The van der Waals surface area contributed by atoms with Crippen LogP contribution in [0.1, 0.15) is 36.3 Å². The normalized spacial score (nSPS) is 16.7. The lowest BCUT2D eigenvalue weighted by atomic mass is 10.1. The van der Waals surface area contributed by atoms with Gasteiger partial charge in [-0.2, -0.15) is 9.97 Å². The van der Waals surface area contributed by atoms with Crippen molar-refractivity contribution < 1.29 is 14.2 Å². The average molecular weight is 458 g/mol. The first kappa shape index (κ1) is 22.3. The lowest BCUT2D eigenvalue weighted by Gasteiger charge is -2.18. The molecule has 0 aliphatic carbocycles. The smallest absolute Gasteiger partial charge is 0.245 e. The molecule has 0 radical (unpaired) electrons. The topological polar surface area (TPSA) is 109 Å². The molecule has 1 aliphatic rings. The molecule has 32 heavy (non-hydrogen) atoms. The third kappa shape index (κ3) is 4.78. The summed E-state index contributed by atoms with van der Waals surface area (Å²) in [4.78, 5) is 13.0. The van der Waals surface area contributed by atoms with Crippen molar-refractivity contribution in [1.29, 1.82) is 0 Å². The Hall–Kier alpha value is -2.92. The molecule has 1 N–H and O–H groups in total. The summed E-state index contributed by atoms with van der Waals surface area (Å²) >= 11 is 1.55. The molecule has 2 unspecified atom stereocenters. The number of aromatic nitrogens is 6. The van der Waals surface area contributed by atoms with E-state index in [0.29, 0.717) is 36.6 Å². The average Bonchev–Trinajstić information content (AvgIpc) is 3.48. The molecular formula is C21H27N7O3S. The molecule has 1 saturated heterocycles. The van der Waals surface area contributed by atoms with E-state index in [4.69, 9.17) is 14.2 Å². The van der Waals surface area contributed by atoms with E-state index in [-0.39, 0.29) is 11.2 Å². The van der Waals surface area contributed by atoms with Crippen LogP contribution in [0.5, 0.6) is 11.8 Å². The van der Waals surface area contributed by atoms with Crippen LogP contribution in [0.15, 0.2) is 24.7 Å². The molecule has 4 rings (SSSR count). The third-order valence-electron chi connectivity index (χ3n) is 5.17. The van der Waals surface area contributed by atoms with Crippen molar-refractivity contribution in [3.05, 3.63) is 41.7 Å². The SMILES string of the molecule is COc1ncnc(OC)c1-n1c(NSC(C)Cc2ccc(C)cn2)nnc1C1CCOC1. The molecule has 11 heteroatoms. The van der Waals surface area contributed by atoms with Crippen LogP contribution in [0.25, 0.3) is 5.69 Å². The number of hydrogen-bond donors (Lipinski definition) is 1. The summed E-state index contributed by atoms with van der Waals surface area (Å²) in [6, 6.07) is 4.14. The predicted molar refractivity (Wildman–Crippen MR) is 122 cm³/mol. The summed E-state index contributed by atoms with van der Waals surface area (Å²) in [5, 5.41) is 9.14. The third-order valence-corrected chi connectivity index (χ3v) is 6.04. The van der Waals surface area contributed by atoms with Gasteiger partial charge in [0.25, 0.3) is 0 Å². The summed E-state index contributed by atoms with van der Waals surface area (Å²) in [5.74, 6) is 2.16. The van der Waals surface area contributed by atoms with E-state index in [2.05, 4.69) is 48.9 Å². The zero-order valence-corrected chi connectivity index (χ0v) is 19.4. The number of ether oxygens (including phenoxy) is 3. The number of hydrogen-bond acceptors (Lipinski definition) is 10. The van der Waals surface area contributed by atoms with Crippen LogP contribution >= 0.6 is 11.9 Å². The molecule has 0 bridgehead atoms. The fraction of sp³-hybridized carbons (Fsp3) is 0.476. The zero-order valence-electron chi connectivity index (χ0n) is 18.6. The lowest BCUT2D eigenvalue weighted by Crippen LogP contribution is -2.14. The highest BCUT2D eigenvalue weighted by atomic mass is 32.2. The van der Waals surface area contributed by atoms with Crippen molar-refractivity contribution in [3.8, 4) is 17.4 Å². The molecule has 170 valence electrons. The number of nitrogens with zero attached hydrogens (tertiary/aromatic N) is 6. The highest BCUT2D eigenvalue weighted by Crippen LogP contribution is 2.36. The van der Waals surface area contributed by atoms with Crippen LogP contribution in [-0.4, -0.2) is 62.4 Å². The largest absolute Gasteiger partial charge is 0.479 e. The first-order chi connectivity index (χ1) is 15.6. The number of methoxy groups -OCH3 is 2. The predicted octanol–water partition coefficient (Wildman–Crippen LogP) is 2.97. The van der Waals surface area contributed by atoms with Gasteiger partial charge in [-0.15, -0.1) is 10.2 Å². The van der Waals surface area contributed by atoms with Gasteiger partial charge in [0.05, 0.1) is 20.8 Å². The minimum atomic E-state index is 0.104.